The topological polar surface area (TPSA) is 55.8 Å². The molecule has 154 valence electrons. The van der Waals surface area contributed by atoms with Gasteiger partial charge in [0.1, 0.15) is 0 Å². The van der Waals surface area contributed by atoms with Crippen LogP contribution in [0, 0.1) is 29.1 Å². The Morgan fingerprint density at radius 2 is 1.59 bits per heavy atom. The van der Waals surface area contributed by atoms with Crippen molar-refractivity contribution in [2.24, 2.45) is 29.1 Å². The molecular weight excluding hydrogens is 342 g/mol. The maximum atomic E-state index is 13.7. The van der Waals surface area contributed by atoms with Gasteiger partial charge in [-0.05, 0) is 76.5 Å². The highest BCUT2D eigenvalue weighted by atomic mass is 16.5. The van der Waals surface area contributed by atoms with Gasteiger partial charge >= 0.3 is 5.97 Å². The van der Waals surface area contributed by atoms with Crippen LogP contribution in [0.2, 0.25) is 0 Å². The standard InChI is InChI=1S/C22H37NO4/c1-15(2)27-7-5-6-23(14-16(3)20(24)26-4)21(25)22-11-17-8-18(12-22)10-19(9-17)13-22/h15-19H,5-14H2,1-4H3. The van der Waals surface area contributed by atoms with Crippen LogP contribution in [-0.2, 0) is 19.1 Å². The minimum atomic E-state index is -0.293. The zero-order valence-corrected chi connectivity index (χ0v) is 17.5. The number of nitrogens with zero attached hydrogens (tertiary/aromatic N) is 1. The molecular formula is C22H37NO4. The summed E-state index contributed by atoms with van der Waals surface area (Å²) < 4.78 is 10.6. The largest absolute Gasteiger partial charge is 0.469 e. The van der Waals surface area contributed by atoms with Gasteiger partial charge in [-0.2, -0.15) is 0 Å². The second kappa shape index (κ2) is 8.50. The third kappa shape index (κ3) is 4.67. The van der Waals surface area contributed by atoms with E-state index in [0.29, 0.717) is 25.6 Å². The minimum Gasteiger partial charge on any atom is -0.469 e. The van der Waals surface area contributed by atoms with Crippen molar-refractivity contribution >= 4 is 11.9 Å². The summed E-state index contributed by atoms with van der Waals surface area (Å²) in [6.45, 7) is 7.67. The van der Waals surface area contributed by atoms with E-state index in [0.717, 1.165) is 43.4 Å². The lowest BCUT2D eigenvalue weighted by atomic mass is 9.49. The Bertz CT molecular complexity index is 509. The van der Waals surface area contributed by atoms with E-state index in [1.54, 1.807) is 0 Å². The molecule has 0 spiro atoms. The van der Waals surface area contributed by atoms with E-state index < -0.39 is 0 Å². The summed E-state index contributed by atoms with van der Waals surface area (Å²) in [5.41, 5.74) is -0.163. The molecule has 4 fully saturated rings. The Kier molecular flexibility index (Phi) is 6.50. The summed E-state index contributed by atoms with van der Waals surface area (Å²) in [6.07, 6.45) is 8.17. The van der Waals surface area contributed by atoms with Crippen LogP contribution in [0.25, 0.3) is 0 Å². The van der Waals surface area contributed by atoms with Crippen LogP contribution in [0.15, 0.2) is 0 Å². The zero-order valence-electron chi connectivity index (χ0n) is 17.5. The van der Waals surface area contributed by atoms with E-state index in [1.165, 1.54) is 26.4 Å². The molecule has 0 saturated heterocycles. The van der Waals surface area contributed by atoms with Crippen molar-refractivity contribution < 1.29 is 19.1 Å². The third-order valence-electron chi connectivity index (χ3n) is 6.90. The fourth-order valence-electron chi connectivity index (χ4n) is 6.16. The van der Waals surface area contributed by atoms with Crippen LogP contribution in [0.3, 0.4) is 0 Å². The first kappa shape index (κ1) is 20.6. The smallest absolute Gasteiger partial charge is 0.310 e. The lowest BCUT2D eigenvalue weighted by Crippen LogP contribution is -2.55. The molecule has 4 rings (SSSR count). The van der Waals surface area contributed by atoms with Crippen molar-refractivity contribution in [2.45, 2.75) is 71.8 Å². The lowest BCUT2D eigenvalue weighted by molar-refractivity contribution is -0.160. The van der Waals surface area contributed by atoms with Gasteiger partial charge in [0.05, 0.1) is 24.5 Å². The molecule has 4 aliphatic rings. The highest BCUT2D eigenvalue weighted by Crippen LogP contribution is 2.60. The van der Waals surface area contributed by atoms with Crippen molar-refractivity contribution in [1.82, 2.24) is 4.90 Å². The van der Waals surface area contributed by atoms with Gasteiger partial charge in [0.2, 0.25) is 5.91 Å². The molecule has 0 aromatic heterocycles. The molecule has 4 bridgehead atoms. The molecule has 4 saturated carbocycles. The number of esters is 1. The highest BCUT2D eigenvalue weighted by molar-refractivity contribution is 5.84. The van der Waals surface area contributed by atoms with Crippen molar-refractivity contribution in [3.05, 3.63) is 0 Å². The Morgan fingerprint density at radius 3 is 2.07 bits per heavy atom. The fraction of sp³-hybridized carbons (Fsp3) is 0.909. The summed E-state index contributed by atoms with van der Waals surface area (Å²) in [7, 11) is 1.42. The van der Waals surface area contributed by atoms with Gasteiger partial charge in [0.25, 0.3) is 0 Å². The van der Waals surface area contributed by atoms with Crippen LogP contribution in [0.5, 0.6) is 0 Å². The first-order valence-corrected chi connectivity index (χ1v) is 10.8. The molecule has 5 heteroatoms. The van der Waals surface area contributed by atoms with Crippen LogP contribution < -0.4 is 0 Å². The van der Waals surface area contributed by atoms with E-state index in [9.17, 15) is 9.59 Å². The van der Waals surface area contributed by atoms with Crippen LogP contribution in [0.4, 0.5) is 0 Å². The van der Waals surface area contributed by atoms with Crippen LogP contribution >= 0.6 is 0 Å². The van der Waals surface area contributed by atoms with E-state index in [2.05, 4.69) is 0 Å². The van der Waals surface area contributed by atoms with Gasteiger partial charge in [0.15, 0.2) is 0 Å². The van der Waals surface area contributed by atoms with Crippen LogP contribution in [0.1, 0.15) is 65.7 Å². The number of methoxy groups -OCH3 is 1. The van der Waals surface area contributed by atoms with E-state index in [-0.39, 0.29) is 23.4 Å². The van der Waals surface area contributed by atoms with Gasteiger partial charge in [-0.1, -0.05) is 6.92 Å². The fourth-order valence-corrected chi connectivity index (χ4v) is 6.16. The third-order valence-corrected chi connectivity index (χ3v) is 6.90. The predicted octanol–water partition coefficient (Wildman–Crippen LogP) is 3.66. The quantitative estimate of drug-likeness (QED) is 0.453. The minimum absolute atomic E-state index is 0.163. The van der Waals surface area contributed by atoms with Gasteiger partial charge in [0, 0.05) is 19.7 Å². The predicted molar refractivity (Wildman–Crippen MR) is 104 cm³/mol. The zero-order chi connectivity index (χ0) is 19.6. The molecule has 0 radical (unpaired) electrons. The Balaban J connectivity index is 1.68. The van der Waals surface area contributed by atoms with Gasteiger partial charge in [-0.25, -0.2) is 0 Å². The van der Waals surface area contributed by atoms with Gasteiger partial charge in [-0.15, -0.1) is 0 Å². The average Bonchev–Trinajstić information content (AvgIpc) is 2.61. The summed E-state index contributed by atoms with van der Waals surface area (Å²) in [6, 6.07) is 0. The Hall–Kier alpha value is -1.10. The van der Waals surface area contributed by atoms with E-state index in [1.807, 2.05) is 25.7 Å². The van der Waals surface area contributed by atoms with Crippen molar-refractivity contribution in [2.75, 3.05) is 26.8 Å². The number of ether oxygens (including phenoxy) is 2. The maximum absolute atomic E-state index is 13.7. The molecule has 5 nitrogen and oxygen atoms in total. The molecule has 0 N–H and O–H groups in total. The lowest BCUT2D eigenvalue weighted by Gasteiger charge is -2.56. The molecule has 1 atom stereocenters. The number of hydrogen-bond donors (Lipinski definition) is 0. The molecule has 0 aromatic carbocycles. The van der Waals surface area contributed by atoms with Crippen molar-refractivity contribution in [3.8, 4) is 0 Å². The van der Waals surface area contributed by atoms with Gasteiger partial charge < -0.3 is 14.4 Å². The number of hydrogen-bond acceptors (Lipinski definition) is 4. The SMILES string of the molecule is COC(=O)C(C)CN(CCCOC(C)C)C(=O)C12CC3CC(CC(C3)C1)C2. The molecule has 1 amide bonds. The molecule has 0 aromatic rings. The second-order valence-electron chi connectivity index (χ2n) is 9.65. The number of rotatable bonds is 9. The molecule has 1 unspecified atom stereocenters. The van der Waals surface area contributed by atoms with E-state index in [4.69, 9.17) is 9.47 Å². The summed E-state index contributed by atoms with van der Waals surface area (Å²) >= 11 is 0. The average molecular weight is 380 g/mol. The second-order valence-corrected chi connectivity index (χ2v) is 9.65. The number of amides is 1. The Labute approximate surface area is 164 Å². The Morgan fingerprint density at radius 1 is 1.04 bits per heavy atom. The normalized spacial score (nSPS) is 32.6. The monoisotopic (exact) mass is 379 g/mol. The maximum Gasteiger partial charge on any atom is 0.310 e. The molecule has 27 heavy (non-hydrogen) atoms. The van der Waals surface area contributed by atoms with E-state index >= 15 is 0 Å². The molecule has 0 aliphatic heterocycles. The summed E-state index contributed by atoms with van der Waals surface area (Å²) in [4.78, 5) is 27.6. The van der Waals surface area contributed by atoms with Gasteiger partial charge in [-0.3, -0.25) is 9.59 Å². The van der Waals surface area contributed by atoms with Crippen molar-refractivity contribution in [1.29, 1.82) is 0 Å². The number of carbonyl (C=O) groups excluding carboxylic acids is 2. The number of carbonyl (C=O) groups is 2. The molecule has 0 heterocycles. The van der Waals surface area contributed by atoms with Crippen molar-refractivity contribution in [3.63, 3.8) is 0 Å². The summed E-state index contributed by atoms with van der Waals surface area (Å²) in [5, 5.41) is 0. The first-order chi connectivity index (χ1) is 12.8. The highest BCUT2D eigenvalue weighted by Gasteiger charge is 2.55. The first-order valence-electron chi connectivity index (χ1n) is 10.8. The molecule has 4 aliphatic carbocycles. The van der Waals surface area contributed by atoms with Crippen LogP contribution in [-0.4, -0.2) is 49.7 Å². The summed E-state index contributed by atoms with van der Waals surface area (Å²) in [5.74, 6) is 1.98.